The highest BCUT2D eigenvalue weighted by molar-refractivity contribution is 7.87. The molecule has 0 aliphatic heterocycles. The largest absolute Gasteiger partial charge is 0.494 e. The first-order chi connectivity index (χ1) is 9.36. The molecule has 0 bridgehead atoms. The zero-order valence-corrected chi connectivity index (χ0v) is 12.8. The number of nitrogens with zero attached hydrogens (tertiary/aromatic N) is 1. The van der Waals surface area contributed by atoms with Crippen molar-refractivity contribution in [2.75, 3.05) is 36.9 Å². The van der Waals surface area contributed by atoms with Gasteiger partial charge in [-0.05, 0) is 13.8 Å². The fourth-order valence-electron chi connectivity index (χ4n) is 1.91. The van der Waals surface area contributed by atoms with Crippen molar-refractivity contribution in [1.82, 2.24) is 0 Å². The molecule has 0 saturated heterocycles. The molecule has 0 amide bonds. The van der Waals surface area contributed by atoms with Gasteiger partial charge in [0.1, 0.15) is 11.5 Å². The molecule has 0 heterocycles. The molecule has 0 aromatic heterocycles. The van der Waals surface area contributed by atoms with E-state index in [2.05, 4.69) is 0 Å². The van der Waals surface area contributed by atoms with E-state index in [1.807, 2.05) is 23.5 Å². The van der Waals surface area contributed by atoms with Gasteiger partial charge in [0.2, 0.25) is 0 Å². The molecule has 1 rings (SSSR count). The number of methoxy groups -OCH3 is 2. The van der Waals surface area contributed by atoms with E-state index in [0.717, 1.165) is 18.8 Å². The molecule has 0 radical (unpaired) electrons. The van der Waals surface area contributed by atoms with Crippen LogP contribution in [-0.4, -0.2) is 40.3 Å². The van der Waals surface area contributed by atoms with Gasteiger partial charge in [-0.25, -0.2) is 0 Å². The van der Waals surface area contributed by atoms with E-state index in [4.69, 9.17) is 14.0 Å². The van der Waals surface area contributed by atoms with Gasteiger partial charge in [0.25, 0.3) is 0 Å². The Bertz CT molecular complexity index is 555. The van der Waals surface area contributed by atoms with Crippen LogP contribution in [0.5, 0.6) is 11.5 Å². The highest BCUT2D eigenvalue weighted by Gasteiger charge is 2.17. The summed E-state index contributed by atoms with van der Waals surface area (Å²) >= 11 is 0. The summed E-state index contributed by atoms with van der Waals surface area (Å²) in [7, 11) is -1.47. The lowest BCUT2D eigenvalue weighted by molar-refractivity contribution is 0.404. The Morgan fingerprint density at radius 1 is 1.15 bits per heavy atom. The Morgan fingerprint density at radius 3 is 2.10 bits per heavy atom. The van der Waals surface area contributed by atoms with Crippen LogP contribution in [0.15, 0.2) is 12.1 Å². The van der Waals surface area contributed by atoms with Gasteiger partial charge in [-0.15, -0.1) is 0 Å². The zero-order chi connectivity index (χ0) is 15.3. The summed E-state index contributed by atoms with van der Waals surface area (Å²) in [6, 6.07) is 3.14. The summed E-state index contributed by atoms with van der Waals surface area (Å²) < 4.78 is 43.2. The van der Waals surface area contributed by atoms with Crippen LogP contribution in [0.1, 0.15) is 13.8 Å². The number of hydrogen-bond donors (Lipinski definition) is 2. The second-order valence-electron chi connectivity index (χ2n) is 3.97. The minimum atomic E-state index is -4.38. The summed E-state index contributed by atoms with van der Waals surface area (Å²) in [5, 5.41) is 0. The SMILES string of the molecule is CCN(CC)c1cc(OC)c(NS(=O)(=O)O)cc1OC. The van der Waals surface area contributed by atoms with E-state index in [1.165, 1.54) is 20.3 Å². The second kappa shape index (κ2) is 6.67. The predicted octanol–water partition coefficient (Wildman–Crippen LogP) is 1.76. The molecule has 0 aliphatic carbocycles. The van der Waals surface area contributed by atoms with Crippen molar-refractivity contribution < 1.29 is 22.4 Å². The Balaban J connectivity index is 3.37. The van der Waals surface area contributed by atoms with Gasteiger partial charge in [-0.1, -0.05) is 0 Å². The molecule has 0 aliphatic rings. The lowest BCUT2D eigenvalue weighted by Crippen LogP contribution is -2.22. The standard InChI is InChI=1S/C12H20N2O5S/c1-5-14(6-2)10-8-11(18-3)9(7-12(10)19-4)13-20(15,16)17/h7-8,13H,5-6H2,1-4H3,(H,15,16,17). The highest BCUT2D eigenvalue weighted by Crippen LogP contribution is 2.38. The van der Waals surface area contributed by atoms with Crippen molar-refractivity contribution >= 4 is 21.7 Å². The fraction of sp³-hybridized carbons (Fsp3) is 0.500. The molecule has 0 unspecified atom stereocenters. The first-order valence-corrected chi connectivity index (χ1v) is 7.56. The average Bonchev–Trinajstić information content (AvgIpc) is 2.39. The number of hydrogen-bond acceptors (Lipinski definition) is 5. The van der Waals surface area contributed by atoms with Crippen LogP contribution in [0.4, 0.5) is 11.4 Å². The number of anilines is 2. The fourth-order valence-corrected chi connectivity index (χ4v) is 2.35. The molecule has 0 saturated carbocycles. The van der Waals surface area contributed by atoms with Crippen molar-refractivity contribution in [1.29, 1.82) is 0 Å². The Morgan fingerprint density at radius 2 is 1.70 bits per heavy atom. The van der Waals surface area contributed by atoms with Crippen LogP contribution in [0.25, 0.3) is 0 Å². The van der Waals surface area contributed by atoms with E-state index in [0.29, 0.717) is 11.5 Å². The van der Waals surface area contributed by atoms with Crippen LogP contribution in [0.2, 0.25) is 0 Å². The van der Waals surface area contributed by atoms with Crippen LogP contribution < -0.4 is 19.1 Å². The van der Waals surface area contributed by atoms with Gasteiger partial charge in [-0.3, -0.25) is 9.27 Å². The molecule has 0 spiro atoms. The predicted molar refractivity (Wildman–Crippen MR) is 78.3 cm³/mol. The molecular weight excluding hydrogens is 284 g/mol. The molecule has 114 valence electrons. The van der Waals surface area contributed by atoms with E-state index in [1.54, 1.807) is 6.07 Å². The van der Waals surface area contributed by atoms with Gasteiger partial charge in [0.05, 0.1) is 25.6 Å². The molecule has 1 aromatic rings. The summed E-state index contributed by atoms with van der Waals surface area (Å²) in [6.45, 7) is 5.53. The Hall–Kier alpha value is -1.67. The van der Waals surface area contributed by atoms with Gasteiger partial charge in [0, 0.05) is 25.2 Å². The molecule has 0 atom stereocenters. The lowest BCUT2D eigenvalue weighted by Gasteiger charge is -2.25. The minimum Gasteiger partial charge on any atom is -0.494 e. The molecular formula is C12H20N2O5S. The van der Waals surface area contributed by atoms with Crippen LogP contribution in [0.3, 0.4) is 0 Å². The van der Waals surface area contributed by atoms with Crippen molar-refractivity contribution in [3.8, 4) is 11.5 Å². The summed E-state index contributed by atoms with van der Waals surface area (Å²) in [6.07, 6.45) is 0. The maximum absolute atomic E-state index is 10.9. The second-order valence-corrected chi connectivity index (χ2v) is 5.13. The average molecular weight is 304 g/mol. The normalized spacial score (nSPS) is 11.1. The van der Waals surface area contributed by atoms with Gasteiger partial charge in [-0.2, -0.15) is 8.42 Å². The number of ether oxygens (including phenoxy) is 2. The smallest absolute Gasteiger partial charge is 0.357 e. The summed E-state index contributed by atoms with van der Waals surface area (Å²) in [5.41, 5.74) is 0.901. The van der Waals surface area contributed by atoms with E-state index >= 15 is 0 Å². The first kappa shape index (κ1) is 16.4. The van der Waals surface area contributed by atoms with Crippen molar-refractivity contribution in [3.05, 3.63) is 12.1 Å². The highest BCUT2D eigenvalue weighted by atomic mass is 32.2. The van der Waals surface area contributed by atoms with Crippen LogP contribution in [0, 0.1) is 0 Å². The van der Waals surface area contributed by atoms with E-state index < -0.39 is 10.3 Å². The zero-order valence-electron chi connectivity index (χ0n) is 12.0. The molecule has 0 fully saturated rings. The molecule has 7 nitrogen and oxygen atoms in total. The van der Waals surface area contributed by atoms with Gasteiger partial charge < -0.3 is 14.4 Å². The number of nitrogens with one attached hydrogen (secondary N) is 1. The third kappa shape index (κ3) is 3.91. The van der Waals surface area contributed by atoms with Crippen molar-refractivity contribution in [3.63, 3.8) is 0 Å². The minimum absolute atomic E-state index is 0.114. The van der Waals surface area contributed by atoms with E-state index in [-0.39, 0.29) is 5.69 Å². The van der Waals surface area contributed by atoms with Gasteiger partial charge in [0.15, 0.2) is 0 Å². The number of benzene rings is 1. The van der Waals surface area contributed by atoms with Crippen LogP contribution in [-0.2, 0) is 10.3 Å². The lowest BCUT2D eigenvalue weighted by atomic mass is 10.2. The Kier molecular flexibility index (Phi) is 5.46. The maximum Gasteiger partial charge on any atom is 0.357 e. The summed E-state index contributed by atoms with van der Waals surface area (Å²) in [4.78, 5) is 2.04. The first-order valence-electron chi connectivity index (χ1n) is 6.12. The topological polar surface area (TPSA) is 88.1 Å². The third-order valence-corrected chi connectivity index (χ3v) is 3.32. The van der Waals surface area contributed by atoms with Crippen molar-refractivity contribution in [2.45, 2.75) is 13.8 Å². The molecule has 1 aromatic carbocycles. The third-order valence-electron chi connectivity index (χ3n) is 2.84. The summed E-state index contributed by atoms with van der Waals surface area (Å²) in [5.74, 6) is 0.783. The van der Waals surface area contributed by atoms with Crippen LogP contribution >= 0.6 is 0 Å². The molecule has 20 heavy (non-hydrogen) atoms. The van der Waals surface area contributed by atoms with Gasteiger partial charge >= 0.3 is 10.3 Å². The Labute approximate surface area is 119 Å². The molecule has 2 N–H and O–H groups in total. The number of rotatable bonds is 7. The molecule has 8 heteroatoms. The monoisotopic (exact) mass is 304 g/mol. The quantitative estimate of drug-likeness (QED) is 0.746. The van der Waals surface area contributed by atoms with E-state index in [9.17, 15) is 8.42 Å². The van der Waals surface area contributed by atoms with Crippen molar-refractivity contribution in [2.24, 2.45) is 0 Å². The maximum atomic E-state index is 10.9.